The minimum Gasteiger partial charge on any atom is -0.390 e. The molecule has 0 amide bonds. The molecule has 0 radical (unpaired) electrons. The van der Waals surface area contributed by atoms with Gasteiger partial charge in [0.2, 0.25) is 0 Å². The van der Waals surface area contributed by atoms with Crippen LogP contribution < -0.4 is 0 Å². The highest BCUT2D eigenvalue weighted by Gasteiger charge is 2.67. The molecule has 8 atom stereocenters. The Balaban J connectivity index is 1.95. The summed E-state index contributed by atoms with van der Waals surface area (Å²) < 4.78 is 9.85. The van der Waals surface area contributed by atoms with Gasteiger partial charge in [0.1, 0.15) is 6.10 Å². The molecule has 2 bridgehead atoms. The van der Waals surface area contributed by atoms with Gasteiger partial charge in [-0.3, -0.25) is 0 Å². The average Bonchev–Trinajstić information content (AvgIpc) is 2.26. The normalized spacial score (nSPS) is 66.0. The molecule has 0 aromatic carbocycles. The largest absolute Gasteiger partial charge is 0.390 e. The molecule has 1 saturated heterocycles. The van der Waals surface area contributed by atoms with E-state index in [-0.39, 0.29) is 5.92 Å². The molecule has 1 aliphatic heterocycles. The van der Waals surface area contributed by atoms with Crippen molar-refractivity contribution in [1.82, 2.24) is 0 Å². The number of rotatable bonds is 0. The first kappa shape index (κ1) is 9.02. The Morgan fingerprint density at radius 1 is 0.643 bits per heavy atom. The summed E-state index contributed by atoms with van der Waals surface area (Å²) in [4.78, 5) is 0. The molecule has 6 nitrogen and oxygen atoms in total. The van der Waals surface area contributed by atoms with Gasteiger partial charge < -0.3 is 29.9 Å². The Morgan fingerprint density at radius 2 is 1.14 bits per heavy atom. The lowest BCUT2D eigenvalue weighted by molar-refractivity contribution is -0.347. The Hall–Kier alpha value is -0.240. The summed E-state index contributed by atoms with van der Waals surface area (Å²) in [6.07, 6.45) is -4.12. The smallest absolute Gasteiger partial charge is 0.269 e. The standard InChI is InChI=1S/C8H12O6/c9-3-1-2-5(11)7(4(1)10)14-8(12)13-6(2)3/h1-12H/t1?,2-,3+,4?,5?,6+,7-,8?/m0/s1. The van der Waals surface area contributed by atoms with E-state index in [1.165, 1.54) is 0 Å². The third-order valence-corrected chi connectivity index (χ3v) is 3.56. The SMILES string of the molecule is OC1O[C@H]2C(O)C3[C@@H](C2O)[C@@H](O1)[C@@H]3O. The maximum absolute atomic E-state index is 9.71. The van der Waals surface area contributed by atoms with E-state index >= 15 is 0 Å². The van der Waals surface area contributed by atoms with E-state index in [0.29, 0.717) is 0 Å². The lowest BCUT2D eigenvalue weighted by atomic mass is 9.69. The van der Waals surface area contributed by atoms with Gasteiger partial charge in [-0.15, -0.1) is 0 Å². The van der Waals surface area contributed by atoms with Gasteiger partial charge in [0.15, 0.2) is 0 Å². The van der Waals surface area contributed by atoms with Gasteiger partial charge in [0, 0.05) is 11.8 Å². The van der Waals surface area contributed by atoms with E-state index in [0.717, 1.165) is 0 Å². The maximum atomic E-state index is 9.71. The first-order valence-corrected chi connectivity index (χ1v) is 4.64. The monoisotopic (exact) mass is 204 g/mol. The molecular formula is C8H12O6. The van der Waals surface area contributed by atoms with Crippen LogP contribution in [-0.4, -0.2) is 57.4 Å². The van der Waals surface area contributed by atoms with Gasteiger partial charge in [-0.05, 0) is 0 Å². The summed E-state index contributed by atoms with van der Waals surface area (Å²) in [6.45, 7) is -1.48. The van der Waals surface area contributed by atoms with Crippen molar-refractivity contribution in [2.24, 2.45) is 11.8 Å². The molecular weight excluding hydrogens is 192 g/mol. The molecule has 1 heterocycles. The second-order valence-electron chi connectivity index (χ2n) is 4.13. The van der Waals surface area contributed by atoms with Gasteiger partial charge in [-0.2, -0.15) is 0 Å². The molecule has 3 rings (SSSR count). The minimum atomic E-state index is -1.48. The molecule has 4 N–H and O–H groups in total. The van der Waals surface area contributed by atoms with Crippen molar-refractivity contribution in [1.29, 1.82) is 0 Å². The third-order valence-electron chi connectivity index (χ3n) is 3.56. The van der Waals surface area contributed by atoms with Gasteiger partial charge in [-0.25, -0.2) is 0 Å². The fraction of sp³-hybridized carbons (Fsp3) is 1.00. The number of hydrogen-bond donors (Lipinski definition) is 4. The highest BCUT2D eigenvalue weighted by atomic mass is 16.8. The Bertz CT molecular complexity index is 251. The topological polar surface area (TPSA) is 99.4 Å². The summed E-state index contributed by atoms with van der Waals surface area (Å²) in [6, 6.07) is 0. The van der Waals surface area contributed by atoms with Crippen LogP contribution in [-0.2, 0) is 9.47 Å². The first-order valence-electron chi connectivity index (χ1n) is 4.64. The summed E-state index contributed by atoms with van der Waals surface area (Å²) in [5, 5.41) is 38.1. The Labute approximate surface area is 79.7 Å². The second kappa shape index (κ2) is 2.66. The molecule has 6 heteroatoms. The first-order chi connectivity index (χ1) is 6.61. The summed E-state index contributed by atoms with van der Waals surface area (Å²) >= 11 is 0. The zero-order chi connectivity index (χ0) is 10.0. The predicted octanol–water partition coefficient (Wildman–Crippen LogP) is -2.61. The van der Waals surface area contributed by atoms with E-state index in [1.54, 1.807) is 0 Å². The fourth-order valence-corrected chi connectivity index (χ4v) is 2.87. The Kier molecular flexibility index (Phi) is 1.71. The lowest BCUT2D eigenvalue weighted by Gasteiger charge is -2.47. The van der Waals surface area contributed by atoms with Gasteiger partial charge >= 0.3 is 0 Å². The molecule has 3 aliphatic rings. The summed E-state index contributed by atoms with van der Waals surface area (Å²) in [5.41, 5.74) is 0. The van der Waals surface area contributed by atoms with Gasteiger partial charge in [-0.1, -0.05) is 0 Å². The van der Waals surface area contributed by atoms with E-state index in [9.17, 15) is 20.4 Å². The quantitative estimate of drug-likeness (QED) is 0.345. The molecule has 3 fully saturated rings. The molecule has 4 unspecified atom stereocenters. The number of aliphatic hydroxyl groups is 4. The van der Waals surface area contributed by atoms with Gasteiger partial charge in [0.25, 0.3) is 6.48 Å². The van der Waals surface area contributed by atoms with Crippen LogP contribution in [0.15, 0.2) is 0 Å². The van der Waals surface area contributed by atoms with Crippen LogP contribution in [0.4, 0.5) is 0 Å². The van der Waals surface area contributed by atoms with Crippen molar-refractivity contribution in [3.8, 4) is 0 Å². The van der Waals surface area contributed by atoms with Gasteiger partial charge in [0.05, 0.1) is 24.4 Å². The average molecular weight is 204 g/mol. The summed E-state index contributed by atoms with van der Waals surface area (Å²) in [5.74, 6) is -0.727. The fourth-order valence-electron chi connectivity index (χ4n) is 2.87. The van der Waals surface area contributed by atoms with Crippen LogP contribution in [0.5, 0.6) is 0 Å². The summed E-state index contributed by atoms with van der Waals surface area (Å²) in [7, 11) is 0. The number of aliphatic hydroxyl groups excluding tert-OH is 4. The van der Waals surface area contributed by atoms with Crippen LogP contribution in [0, 0.1) is 11.8 Å². The van der Waals surface area contributed by atoms with Crippen LogP contribution >= 0.6 is 0 Å². The highest BCUT2D eigenvalue weighted by molar-refractivity contribution is 5.14. The molecule has 14 heavy (non-hydrogen) atoms. The molecule has 80 valence electrons. The van der Waals surface area contributed by atoms with Crippen molar-refractivity contribution in [2.45, 2.75) is 37.0 Å². The number of hydrogen-bond acceptors (Lipinski definition) is 6. The van der Waals surface area contributed by atoms with E-state index < -0.39 is 42.9 Å². The molecule has 2 saturated carbocycles. The lowest BCUT2D eigenvalue weighted by Crippen LogP contribution is -2.60. The van der Waals surface area contributed by atoms with Crippen LogP contribution in [0.2, 0.25) is 0 Å². The maximum Gasteiger partial charge on any atom is 0.269 e. The van der Waals surface area contributed by atoms with Crippen LogP contribution in [0.1, 0.15) is 0 Å². The van der Waals surface area contributed by atoms with Crippen molar-refractivity contribution in [3.63, 3.8) is 0 Å². The predicted molar refractivity (Wildman–Crippen MR) is 40.8 cm³/mol. The molecule has 0 aromatic heterocycles. The molecule has 0 aromatic rings. The third kappa shape index (κ3) is 0.861. The van der Waals surface area contributed by atoms with Crippen molar-refractivity contribution in [3.05, 3.63) is 0 Å². The second-order valence-corrected chi connectivity index (χ2v) is 4.13. The van der Waals surface area contributed by atoms with E-state index in [2.05, 4.69) is 0 Å². The van der Waals surface area contributed by atoms with Crippen molar-refractivity contribution >= 4 is 0 Å². The van der Waals surface area contributed by atoms with E-state index in [1.807, 2.05) is 0 Å². The van der Waals surface area contributed by atoms with Crippen molar-refractivity contribution in [2.75, 3.05) is 0 Å². The van der Waals surface area contributed by atoms with E-state index in [4.69, 9.17) is 9.47 Å². The van der Waals surface area contributed by atoms with Crippen molar-refractivity contribution < 1.29 is 29.9 Å². The Morgan fingerprint density at radius 3 is 1.86 bits per heavy atom. The van der Waals surface area contributed by atoms with Crippen LogP contribution in [0.3, 0.4) is 0 Å². The minimum absolute atomic E-state index is 0.331. The molecule has 2 aliphatic carbocycles. The highest BCUT2D eigenvalue weighted by Crippen LogP contribution is 2.52. The molecule has 0 spiro atoms. The van der Waals surface area contributed by atoms with Crippen LogP contribution in [0.25, 0.3) is 0 Å². The zero-order valence-corrected chi connectivity index (χ0v) is 7.22. The number of fused-ring (bicyclic) bond motifs is 1. The zero-order valence-electron chi connectivity index (χ0n) is 7.22. The number of ether oxygens (including phenoxy) is 2.